The quantitative estimate of drug-likeness (QED) is 0.467. The Labute approximate surface area is 203 Å². The Bertz CT molecular complexity index is 1100. The molecule has 0 N–H and O–H groups in total. The Morgan fingerprint density at radius 3 is 2.62 bits per heavy atom. The molecule has 6 nitrogen and oxygen atoms in total. The molecule has 2 aliphatic heterocycles. The van der Waals surface area contributed by atoms with Crippen LogP contribution in [0.3, 0.4) is 0 Å². The Balaban J connectivity index is 1.42. The van der Waals surface area contributed by atoms with Gasteiger partial charge in [0.25, 0.3) is 11.1 Å². The van der Waals surface area contributed by atoms with E-state index in [-0.39, 0.29) is 12.5 Å². The molecule has 0 bridgehead atoms. The Hall–Kier alpha value is -2.29. The first kappa shape index (κ1) is 22.9. The number of imide groups is 1. The molecule has 2 aromatic rings. The number of likely N-dealkylation sites (tertiary alicyclic amines) is 1. The number of rotatable bonds is 6. The van der Waals surface area contributed by atoms with E-state index in [1.807, 2.05) is 30.3 Å². The summed E-state index contributed by atoms with van der Waals surface area (Å²) in [6, 6.07) is 12.9. The van der Waals surface area contributed by atoms with E-state index in [2.05, 4.69) is 15.9 Å². The topological polar surface area (TPSA) is 66.9 Å². The molecule has 2 aromatic carbocycles. The first-order valence-corrected chi connectivity index (χ1v) is 12.1. The minimum atomic E-state index is -0.442. The van der Waals surface area contributed by atoms with Crippen LogP contribution in [0, 0.1) is 0 Å². The number of ether oxygens (including phenoxy) is 1. The lowest BCUT2D eigenvalue weighted by atomic mass is 10.2. The van der Waals surface area contributed by atoms with E-state index in [0.29, 0.717) is 39.8 Å². The highest BCUT2D eigenvalue weighted by Gasteiger charge is 2.37. The van der Waals surface area contributed by atoms with Gasteiger partial charge in [-0.05, 0) is 70.4 Å². The van der Waals surface area contributed by atoms with Crippen molar-refractivity contribution in [3.63, 3.8) is 0 Å². The smallest absolute Gasteiger partial charge is 0.294 e. The number of nitrogens with zero attached hydrogens (tertiary/aromatic N) is 2. The van der Waals surface area contributed by atoms with Crippen LogP contribution in [0.5, 0.6) is 5.75 Å². The van der Waals surface area contributed by atoms with Crippen molar-refractivity contribution in [2.75, 3.05) is 19.6 Å². The van der Waals surface area contributed by atoms with Gasteiger partial charge >= 0.3 is 0 Å². The predicted octanol–water partition coefficient (Wildman–Crippen LogP) is 5.34. The zero-order valence-corrected chi connectivity index (χ0v) is 20.2. The second-order valence-corrected chi connectivity index (χ2v) is 9.68. The molecule has 0 spiro atoms. The number of carbonyl (C=O) groups excluding carboxylic acids is 3. The van der Waals surface area contributed by atoms with Crippen molar-refractivity contribution in [1.29, 1.82) is 0 Å². The Kier molecular flexibility index (Phi) is 7.23. The summed E-state index contributed by atoms with van der Waals surface area (Å²) >= 11 is 10.5. The SMILES string of the molecule is O=C(CN1C(=O)S/C(=C/c2ccc(OCc3ccccc3Cl)c(Br)c2)C1=O)N1CCCC1. The van der Waals surface area contributed by atoms with Gasteiger partial charge in [-0.15, -0.1) is 0 Å². The van der Waals surface area contributed by atoms with Crippen LogP contribution in [-0.4, -0.2) is 46.5 Å². The van der Waals surface area contributed by atoms with Crippen LogP contribution < -0.4 is 4.74 Å². The second kappa shape index (κ2) is 10.1. The predicted molar refractivity (Wildman–Crippen MR) is 128 cm³/mol. The van der Waals surface area contributed by atoms with E-state index in [4.69, 9.17) is 16.3 Å². The van der Waals surface area contributed by atoms with Crippen molar-refractivity contribution >= 4 is 62.4 Å². The summed E-state index contributed by atoms with van der Waals surface area (Å²) in [5.74, 6) is 0.00270. The molecule has 0 radical (unpaired) electrons. The second-order valence-electron chi connectivity index (χ2n) is 7.43. The third-order valence-electron chi connectivity index (χ3n) is 5.22. The molecule has 166 valence electrons. The average molecular weight is 536 g/mol. The lowest BCUT2D eigenvalue weighted by molar-refractivity contribution is -0.135. The van der Waals surface area contributed by atoms with E-state index in [9.17, 15) is 14.4 Å². The summed E-state index contributed by atoms with van der Waals surface area (Å²) in [5.41, 5.74) is 1.61. The summed E-state index contributed by atoms with van der Waals surface area (Å²) in [6.07, 6.45) is 3.56. The maximum Gasteiger partial charge on any atom is 0.294 e. The average Bonchev–Trinajstić information content (AvgIpc) is 3.39. The lowest BCUT2D eigenvalue weighted by Crippen LogP contribution is -2.40. The number of halogens is 2. The van der Waals surface area contributed by atoms with E-state index >= 15 is 0 Å². The molecule has 0 aromatic heterocycles. The van der Waals surface area contributed by atoms with E-state index in [0.717, 1.165) is 40.6 Å². The Morgan fingerprint density at radius 2 is 1.91 bits per heavy atom. The standard InChI is InChI=1S/C23H20BrClN2O4S/c24-17-11-15(7-8-19(17)31-14-16-5-1-2-6-18(16)25)12-20-22(29)27(23(30)32-20)13-21(28)26-9-3-4-10-26/h1-2,5-8,11-12H,3-4,9-10,13-14H2/b20-12+. The molecule has 2 aliphatic rings. The van der Waals surface area contributed by atoms with Gasteiger partial charge in [-0.1, -0.05) is 35.9 Å². The maximum absolute atomic E-state index is 12.7. The summed E-state index contributed by atoms with van der Waals surface area (Å²) in [6.45, 7) is 1.48. The van der Waals surface area contributed by atoms with Crippen LogP contribution >= 0.6 is 39.3 Å². The fourth-order valence-electron chi connectivity index (χ4n) is 3.48. The normalized spacial score (nSPS) is 17.5. The van der Waals surface area contributed by atoms with Gasteiger partial charge < -0.3 is 9.64 Å². The van der Waals surface area contributed by atoms with Gasteiger partial charge in [-0.3, -0.25) is 19.3 Å². The van der Waals surface area contributed by atoms with E-state index in [1.165, 1.54) is 0 Å². The zero-order chi connectivity index (χ0) is 22.7. The van der Waals surface area contributed by atoms with Gasteiger partial charge in [0.1, 0.15) is 18.9 Å². The monoisotopic (exact) mass is 534 g/mol. The molecule has 0 unspecified atom stereocenters. The third-order valence-corrected chi connectivity index (χ3v) is 7.12. The number of amides is 3. The van der Waals surface area contributed by atoms with Crippen molar-refractivity contribution in [2.24, 2.45) is 0 Å². The molecule has 0 saturated carbocycles. The van der Waals surface area contributed by atoms with Gasteiger partial charge in [0.15, 0.2) is 0 Å². The molecule has 9 heteroatoms. The maximum atomic E-state index is 12.7. The molecule has 2 heterocycles. The van der Waals surface area contributed by atoms with E-state index < -0.39 is 11.1 Å². The molecule has 4 rings (SSSR count). The van der Waals surface area contributed by atoms with Crippen molar-refractivity contribution in [3.05, 3.63) is 68.0 Å². The van der Waals surface area contributed by atoms with Gasteiger partial charge in [0.2, 0.25) is 5.91 Å². The highest BCUT2D eigenvalue weighted by atomic mass is 79.9. The van der Waals surface area contributed by atoms with Crippen molar-refractivity contribution in [1.82, 2.24) is 9.80 Å². The first-order chi connectivity index (χ1) is 15.4. The molecule has 3 amide bonds. The van der Waals surface area contributed by atoms with E-state index in [1.54, 1.807) is 23.1 Å². The van der Waals surface area contributed by atoms with Gasteiger partial charge in [0.05, 0.1) is 9.38 Å². The van der Waals surface area contributed by atoms with Crippen molar-refractivity contribution in [3.8, 4) is 5.75 Å². The number of hydrogen-bond donors (Lipinski definition) is 0. The summed E-state index contributed by atoms with van der Waals surface area (Å²) in [5, 5.41) is 0.215. The summed E-state index contributed by atoms with van der Waals surface area (Å²) < 4.78 is 6.56. The highest BCUT2D eigenvalue weighted by molar-refractivity contribution is 9.10. The third kappa shape index (κ3) is 5.19. The minimum Gasteiger partial charge on any atom is -0.488 e. The highest BCUT2D eigenvalue weighted by Crippen LogP contribution is 2.34. The van der Waals surface area contributed by atoms with Gasteiger partial charge in [-0.25, -0.2) is 0 Å². The number of carbonyl (C=O) groups is 3. The van der Waals surface area contributed by atoms with Crippen molar-refractivity contribution < 1.29 is 19.1 Å². The Morgan fingerprint density at radius 1 is 1.16 bits per heavy atom. The largest absolute Gasteiger partial charge is 0.488 e. The zero-order valence-electron chi connectivity index (χ0n) is 17.1. The fraction of sp³-hybridized carbons (Fsp3) is 0.261. The molecule has 32 heavy (non-hydrogen) atoms. The molecule has 2 saturated heterocycles. The van der Waals surface area contributed by atoms with Gasteiger partial charge in [-0.2, -0.15) is 0 Å². The lowest BCUT2D eigenvalue weighted by Gasteiger charge is -2.18. The van der Waals surface area contributed by atoms with Crippen LogP contribution in [0.1, 0.15) is 24.0 Å². The molecule has 0 atom stereocenters. The fourth-order valence-corrected chi connectivity index (χ4v) is 5.02. The van der Waals surface area contributed by atoms with Crippen LogP contribution in [0.25, 0.3) is 6.08 Å². The number of benzene rings is 2. The molecule has 2 fully saturated rings. The summed E-state index contributed by atoms with van der Waals surface area (Å²) in [4.78, 5) is 40.4. The van der Waals surface area contributed by atoms with Gasteiger partial charge in [0, 0.05) is 23.7 Å². The van der Waals surface area contributed by atoms with Crippen molar-refractivity contribution in [2.45, 2.75) is 19.4 Å². The molecule has 0 aliphatic carbocycles. The van der Waals surface area contributed by atoms with Crippen LogP contribution in [0.15, 0.2) is 51.8 Å². The summed E-state index contributed by atoms with van der Waals surface area (Å²) in [7, 11) is 0. The molecular weight excluding hydrogens is 516 g/mol. The van der Waals surface area contributed by atoms with Crippen LogP contribution in [-0.2, 0) is 16.2 Å². The molecular formula is C23H20BrClN2O4S. The number of hydrogen-bond acceptors (Lipinski definition) is 5. The van der Waals surface area contributed by atoms with Crippen LogP contribution in [0.4, 0.5) is 4.79 Å². The minimum absolute atomic E-state index is 0.186. The van der Waals surface area contributed by atoms with Crippen LogP contribution in [0.2, 0.25) is 5.02 Å². The number of thioether (sulfide) groups is 1. The first-order valence-electron chi connectivity index (χ1n) is 10.1.